The van der Waals surface area contributed by atoms with E-state index in [0.29, 0.717) is 22.0 Å². The largest absolute Gasteiger partial charge is 0.455 e. The number of esters is 1. The zero-order valence-corrected chi connectivity index (χ0v) is 28.2. The highest BCUT2D eigenvalue weighted by molar-refractivity contribution is 9.11. The fourth-order valence-corrected chi connectivity index (χ4v) is 8.25. The van der Waals surface area contributed by atoms with Gasteiger partial charge in [-0.05, 0) is 44.4 Å². The molecule has 5 bridgehead atoms. The van der Waals surface area contributed by atoms with Crippen molar-refractivity contribution in [2.24, 2.45) is 11.8 Å². The summed E-state index contributed by atoms with van der Waals surface area (Å²) in [6.45, 7) is 5.36. The van der Waals surface area contributed by atoms with Gasteiger partial charge in [-0.2, -0.15) is 0 Å². The fraction of sp³-hybridized carbons (Fsp3) is 0.444. The molecule has 10 nitrogen and oxygen atoms in total. The van der Waals surface area contributed by atoms with Crippen molar-refractivity contribution in [1.29, 1.82) is 0 Å². The van der Waals surface area contributed by atoms with Crippen LogP contribution in [0.2, 0.25) is 0 Å². The first-order valence-corrected chi connectivity index (χ1v) is 16.9. The Morgan fingerprint density at radius 3 is 2.32 bits per heavy atom. The summed E-state index contributed by atoms with van der Waals surface area (Å²) in [6.07, 6.45) is 4.42. The maximum Gasteiger partial charge on any atom is 0.313 e. The minimum Gasteiger partial charge on any atom is -0.455 e. The van der Waals surface area contributed by atoms with Crippen LogP contribution >= 0.6 is 15.9 Å². The third-order valence-corrected chi connectivity index (χ3v) is 10.4. The van der Waals surface area contributed by atoms with Crippen LogP contribution in [0.4, 0.5) is 0 Å². The number of halogens is 1. The smallest absolute Gasteiger partial charge is 0.313 e. The first-order chi connectivity index (χ1) is 22.6. The van der Waals surface area contributed by atoms with E-state index in [-0.39, 0.29) is 30.8 Å². The fourth-order valence-electron chi connectivity index (χ4n) is 7.51. The van der Waals surface area contributed by atoms with Gasteiger partial charge in [-0.3, -0.25) is 19.2 Å². The molecule has 2 aromatic rings. The number of hydrogen-bond donors (Lipinski definition) is 2. The Bertz CT molecular complexity index is 1580. The summed E-state index contributed by atoms with van der Waals surface area (Å²) in [6, 6.07) is 15.3. The van der Waals surface area contributed by atoms with Gasteiger partial charge < -0.3 is 29.7 Å². The monoisotopic (exact) mass is 705 g/mol. The van der Waals surface area contributed by atoms with E-state index in [1.54, 1.807) is 30.0 Å². The maximum atomic E-state index is 14.8. The number of benzene rings is 2. The molecule has 2 fully saturated rings. The number of allylic oxidation sites excluding steroid dienone is 1. The van der Waals surface area contributed by atoms with Crippen LogP contribution in [0, 0.1) is 11.8 Å². The number of amides is 3. The molecule has 4 aliphatic heterocycles. The first kappa shape index (κ1) is 33.1. The summed E-state index contributed by atoms with van der Waals surface area (Å²) in [4.78, 5) is 60.0. The van der Waals surface area contributed by atoms with Gasteiger partial charge in [-0.25, -0.2) is 0 Å². The number of nitrogens with zero attached hydrogens (tertiary/aromatic N) is 2. The second-order valence-electron chi connectivity index (χ2n) is 12.9. The minimum atomic E-state index is -1.49. The quantitative estimate of drug-likeness (QED) is 0.356. The lowest BCUT2D eigenvalue weighted by Crippen LogP contribution is -2.58. The Labute approximate surface area is 282 Å². The van der Waals surface area contributed by atoms with E-state index < -0.39 is 66.3 Å². The van der Waals surface area contributed by atoms with Crippen molar-refractivity contribution in [2.75, 3.05) is 13.2 Å². The summed E-state index contributed by atoms with van der Waals surface area (Å²) in [5.41, 5.74) is -0.151. The number of hydrogen-bond acceptors (Lipinski definition) is 7. The van der Waals surface area contributed by atoms with Crippen molar-refractivity contribution in [3.63, 3.8) is 0 Å². The van der Waals surface area contributed by atoms with Crippen LogP contribution in [0.3, 0.4) is 0 Å². The number of carbonyl (C=O) groups excluding carboxylic acids is 4. The molecule has 4 heterocycles. The average molecular weight is 707 g/mol. The SMILES string of the molecule is CC(C)N1C/C=C\CCC(=O)N[C@H](C)[C@@H](c2ccccc2)OC(=O)[C@@H]2[C@H]3O[C@@]4(C=C3Br)[C@H](C1=O)N([C@H](CO)c1ccccc1)C(=O)[C@@H]24. The lowest BCUT2D eigenvalue weighted by atomic mass is 9.74. The number of aliphatic hydroxyl groups excluding tert-OH is 1. The van der Waals surface area contributed by atoms with E-state index in [9.17, 15) is 24.3 Å². The van der Waals surface area contributed by atoms with Crippen molar-refractivity contribution in [2.45, 2.75) is 75.6 Å². The zero-order valence-electron chi connectivity index (χ0n) is 26.6. The summed E-state index contributed by atoms with van der Waals surface area (Å²) in [5, 5.41) is 13.8. The molecule has 0 saturated carbocycles. The average Bonchev–Trinajstić information content (AvgIpc) is 3.65. The first-order valence-electron chi connectivity index (χ1n) is 16.1. The second-order valence-corrected chi connectivity index (χ2v) is 13.8. The Morgan fingerprint density at radius 1 is 0.979 bits per heavy atom. The summed E-state index contributed by atoms with van der Waals surface area (Å²) in [5.74, 6) is -3.88. The number of ether oxygens (including phenoxy) is 2. The Kier molecular flexibility index (Phi) is 9.42. The predicted molar refractivity (Wildman–Crippen MR) is 177 cm³/mol. The number of cyclic esters (lactones) is 1. The van der Waals surface area contributed by atoms with Gasteiger partial charge in [0.1, 0.15) is 29.8 Å². The van der Waals surface area contributed by atoms with Gasteiger partial charge in [-0.15, -0.1) is 0 Å². The van der Waals surface area contributed by atoms with E-state index in [2.05, 4.69) is 21.2 Å². The van der Waals surface area contributed by atoms with Gasteiger partial charge in [0.15, 0.2) is 0 Å². The Balaban J connectivity index is 1.49. The van der Waals surface area contributed by atoms with Gasteiger partial charge in [0.25, 0.3) is 0 Å². The molecule has 4 aliphatic rings. The molecular formula is C36H40BrN3O7. The molecule has 2 aromatic carbocycles. The van der Waals surface area contributed by atoms with Crippen molar-refractivity contribution >= 4 is 39.6 Å². The summed E-state index contributed by atoms with van der Waals surface area (Å²) < 4.78 is 13.4. The third kappa shape index (κ3) is 5.83. The van der Waals surface area contributed by atoms with Crippen molar-refractivity contribution in [3.05, 3.63) is 94.5 Å². The number of nitrogens with one attached hydrogen (secondary N) is 1. The standard InChI is InChI=1S/C36H40BrN3O7/c1-21(2)39-18-12-6-11-17-27(42)38-22(3)30(24-15-9-5-10-16-24)46-35(45)28-29-33(43)40(26(20-41)23-13-7-4-8-14-23)32(34(39)44)36(29)19-25(37)31(28)47-36/h4-10,12-16,19,21-22,26,28-32,41H,11,17-18,20H2,1-3H3,(H,38,42)/b12-6-/t22-,26-,28+,29-,30+,31+,32+,36-/m1/s1. The molecule has 1 spiro atoms. The van der Waals surface area contributed by atoms with Gasteiger partial charge in [0.05, 0.1) is 24.6 Å². The molecule has 0 aromatic heterocycles. The number of aliphatic hydroxyl groups is 1. The summed E-state index contributed by atoms with van der Waals surface area (Å²) >= 11 is 3.60. The van der Waals surface area contributed by atoms with E-state index >= 15 is 0 Å². The molecule has 248 valence electrons. The highest BCUT2D eigenvalue weighted by Gasteiger charge is 2.75. The maximum absolute atomic E-state index is 14.8. The normalized spacial score (nSPS) is 32.6. The highest BCUT2D eigenvalue weighted by Crippen LogP contribution is 2.60. The zero-order chi connectivity index (χ0) is 33.5. The Morgan fingerprint density at radius 2 is 1.66 bits per heavy atom. The Hall–Kier alpha value is -3.80. The number of likely N-dealkylation sites (tertiary alicyclic amines) is 1. The van der Waals surface area contributed by atoms with E-state index in [1.807, 2.05) is 74.5 Å². The van der Waals surface area contributed by atoms with Crippen LogP contribution in [0.1, 0.15) is 56.9 Å². The van der Waals surface area contributed by atoms with E-state index in [4.69, 9.17) is 9.47 Å². The lowest BCUT2D eigenvalue weighted by Gasteiger charge is -2.40. The lowest BCUT2D eigenvalue weighted by molar-refractivity contribution is -0.162. The van der Waals surface area contributed by atoms with Gasteiger partial charge in [-0.1, -0.05) is 88.7 Å². The van der Waals surface area contributed by atoms with Gasteiger partial charge >= 0.3 is 5.97 Å². The van der Waals surface area contributed by atoms with Crippen molar-refractivity contribution in [1.82, 2.24) is 15.1 Å². The molecule has 3 amide bonds. The number of fused-ring (bicyclic) bond motifs is 2. The van der Waals surface area contributed by atoms with Crippen LogP contribution < -0.4 is 5.32 Å². The predicted octanol–water partition coefficient (Wildman–Crippen LogP) is 3.97. The van der Waals surface area contributed by atoms with Crippen LogP contribution in [-0.2, 0) is 28.7 Å². The van der Waals surface area contributed by atoms with Crippen LogP contribution in [0.25, 0.3) is 0 Å². The van der Waals surface area contributed by atoms with Crippen molar-refractivity contribution < 1.29 is 33.8 Å². The molecule has 11 heteroatoms. The molecule has 0 radical (unpaired) electrons. The van der Waals surface area contributed by atoms with E-state index in [1.165, 1.54) is 4.90 Å². The molecule has 2 N–H and O–H groups in total. The third-order valence-electron chi connectivity index (χ3n) is 9.69. The highest BCUT2D eigenvalue weighted by atomic mass is 79.9. The van der Waals surface area contributed by atoms with Crippen LogP contribution in [-0.4, -0.2) is 81.6 Å². The molecule has 8 atom stereocenters. The minimum absolute atomic E-state index is 0.200. The molecule has 2 saturated heterocycles. The number of carbonyl (C=O) groups is 4. The van der Waals surface area contributed by atoms with Crippen LogP contribution in [0.15, 0.2) is 83.4 Å². The topological polar surface area (TPSA) is 125 Å². The van der Waals surface area contributed by atoms with Crippen LogP contribution in [0.5, 0.6) is 0 Å². The molecule has 0 unspecified atom stereocenters. The van der Waals surface area contributed by atoms with Gasteiger partial charge in [0.2, 0.25) is 17.7 Å². The summed E-state index contributed by atoms with van der Waals surface area (Å²) in [7, 11) is 0. The molecular weight excluding hydrogens is 666 g/mol. The van der Waals surface area contributed by atoms with Gasteiger partial charge in [0, 0.05) is 23.5 Å². The molecule has 0 aliphatic carbocycles. The molecule has 6 rings (SSSR count). The number of rotatable bonds is 5. The second kappa shape index (κ2) is 13.4. The molecule has 47 heavy (non-hydrogen) atoms. The van der Waals surface area contributed by atoms with Crippen molar-refractivity contribution in [3.8, 4) is 0 Å². The van der Waals surface area contributed by atoms with E-state index in [0.717, 1.165) is 0 Å².